The van der Waals surface area contributed by atoms with E-state index in [-0.39, 0.29) is 23.5 Å². The van der Waals surface area contributed by atoms with Crippen LogP contribution in [-0.4, -0.2) is 35.9 Å². The normalized spacial score (nSPS) is 14.6. The number of nitrogens with one attached hydrogen (secondary N) is 1. The highest BCUT2D eigenvalue weighted by Crippen LogP contribution is 2.33. The van der Waals surface area contributed by atoms with Gasteiger partial charge in [0.25, 0.3) is 11.8 Å². The number of rotatable bonds is 7. The Morgan fingerprint density at radius 2 is 1.90 bits per heavy atom. The number of nitrogens with zero attached hydrogens (tertiary/aromatic N) is 2. The van der Waals surface area contributed by atoms with Crippen molar-refractivity contribution in [2.75, 3.05) is 18.2 Å². The number of ether oxygens (including phenoxy) is 2. The first-order valence-corrected chi connectivity index (χ1v) is 8.90. The van der Waals surface area contributed by atoms with Crippen LogP contribution in [0.5, 0.6) is 5.75 Å². The van der Waals surface area contributed by atoms with Crippen molar-refractivity contribution in [2.24, 2.45) is 0 Å². The minimum absolute atomic E-state index is 0.0990. The molecule has 0 unspecified atom stereocenters. The van der Waals surface area contributed by atoms with Gasteiger partial charge in [-0.1, -0.05) is 30.3 Å². The molecule has 30 heavy (non-hydrogen) atoms. The summed E-state index contributed by atoms with van der Waals surface area (Å²) in [6.07, 6.45) is 1.19. The van der Waals surface area contributed by atoms with Crippen LogP contribution in [0.1, 0.15) is 12.5 Å². The molecule has 2 aromatic rings. The SMILES string of the molecule is CCOC(=O)COc1c(C=C2C(=O)NN(c3ccccc3)C2=O)cccc1[N+](=O)[O-]. The van der Waals surface area contributed by atoms with Gasteiger partial charge < -0.3 is 9.47 Å². The fourth-order valence-corrected chi connectivity index (χ4v) is 2.76. The Labute approximate surface area is 170 Å². The van der Waals surface area contributed by atoms with Crippen LogP contribution in [0.2, 0.25) is 0 Å². The van der Waals surface area contributed by atoms with Crippen LogP contribution in [0.3, 0.4) is 0 Å². The summed E-state index contributed by atoms with van der Waals surface area (Å²) in [7, 11) is 0. The Kier molecular flexibility index (Phi) is 6.06. The minimum atomic E-state index is -0.709. The van der Waals surface area contributed by atoms with Crippen molar-refractivity contribution in [1.82, 2.24) is 5.43 Å². The zero-order valence-electron chi connectivity index (χ0n) is 15.9. The van der Waals surface area contributed by atoms with Crippen molar-refractivity contribution in [2.45, 2.75) is 6.92 Å². The van der Waals surface area contributed by atoms with E-state index in [0.717, 1.165) is 5.01 Å². The van der Waals surface area contributed by atoms with Gasteiger partial charge in [-0.3, -0.25) is 25.1 Å². The molecule has 154 valence electrons. The number of hydrogen-bond donors (Lipinski definition) is 1. The maximum absolute atomic E-state index is 12.7. The third-order valence-corrected chi connectivity index (χ3v) is 4.07. The number of amides is 2. The lowest BCUT2D eigenvalue weighted by molar-refractivity contribution is -0.385. The fourth-order valence-electron chi connectivity index (χ4n) is 2.76. The molecule has 0 aromatic heterocycles. The van der Waals surface area contributed by atoms with Gasteiger partial charge in [-0.25, -0.2) is 9.80 Å². The van der Waals surface area contributed by atoms with Crippen molar-refractivity contribution >= 4 is 35.2 Å². The average Bonchev–Trinajstić information content (AvgIpc) is 3.01. The maximum Gasteiger partial charge on any atom is 0.344 e. The van der Waals surface area contributed by atoms with Crippen LogP contribution < -0.4 is 15.2 Å². The molecule has 2 amide bonds. The number of anilines is 1. The summed E-state index contributed by atoms with van der Waals surface area (Å²) >= 11 is 0. The second kappa shape index (κ2) is 8.86. The molecule has 10 heteroatoms. The highest BCUT2D eigenvalue weighted by molar-refractivity contribution is 6.31. The molecule has 0 saturated carbocycles. The minimum Gasteiger partial charge on any atom is -0.474 e. The molecule has 0 aliphatic carbocycles. The molecule has 1 N–H and O–H groups in total. The molecule has 0 radical (unpaired) electrons. The molecule has 1 fully saturated rings. The number of benzene rings is 2. The second-order valence-electron chi connectivity index (χ2n) is 6.02. The van der Waals surface area contributed by atoms with Crippen molar-refractivity contribution in [1.29, 1.82) is 0 Å². The first-order chi connectivity index (χ1) is 14.4. The van der Waals surface area contributed by atoms with E-state index < -0.39 is 35.0 Å². The van der Waals surface area contributed by atoms with E-state index in [9.17, 15) is 24.5 Å². The Bertz CT molecular complexity index is 1030. The lowest BCUT2D eigenvalue weighted by Gasteiger charge is -2.14. The number of carbonyl (C=O) groups is 3. The predicted molar refractivity (Wildman–Crippen MR) is 105 cm³/mol. The maximum atomic E-state index is 12.7. The molecule has 10 nitrogen and oxygen atoms in total. The summed E-state index contributed by atoms with van der Waals surface area (Å²) in [5.74, 6) is -2.26. The number of para-hydroxylation sites is 2. The molecule has 0 bridgehead atoms. The predicted octanol–water partition coefficient (Wildman–Crippen LogP) is 2.00. The van der Waals surface area contributed by atoms with Crippen molar-refractivity contribution in [3.63, 3.8) is 0 Å². The number of carbonyl (C=O) groups excluding carboxylic acids is 3. The van der Waals surface area contributed by atoms with E-state index in [0.29, 0.717) is 5.69 Å². The number of nitro benzene ring substituents is 1. The van der Waals surface area contributed by atoms with Crippen LogP contribution in [0.4, 0.5) is 11.4 Å². The van der Waals surface area contributed by atoms with Gasteiger partial charge in [0.2, 0.25) is 5.75 Å². The van der Waals surface area contributed by atoms with E-state index in [1.54, 1.807) is 37.3 Å². The van der Waals surface area contributed by atoms with Crippen molar-refractivity contribution in [3.05, 3.63) is 69.8 Å². The standard InChI is InChI=1S/C20H17N3O7/c1-2-29-17(24)12-30-18-13(7-6-10-16(18)23(27)28)11-15-19(25)21-22(20(15)26)14-8-4-3-5-9-14/h3-11H,2,12H2,1H3,(H,21,25). The summed E-state index contributed by atoms with van der Waals surface area (Å²) in [6, 6.07) is 12.5. The third kappa shape index (κ3) is 4.27. The Morgan fingerprint density at radius 3 is 2.57 bits per heavy atom. The molecule has 0 spiro atoms. The van der Waals surface area contributed by atoms with Crippen LogP contribution in [-0.2, 0) is 19.1 Å². The number of nitro groups is 1. The summed E-state index contributed by atoms with van der Waals surface area (Å²) in [4.78, 5) is 47.4. The summed E-state index contributed by atoms with van der Waals surface area (Å²) in [5.41, 5.74) is 2.34. The lowest BCUT2D eigenvalue weighted by Crippen LogP contribution is -2.35. The Balaban J connectivity index is 1.96. The molecule has 2 aromatic carbocycles. The van der Waals surface area contributed by atoms with E-state index in [1.807, 2.05) is 0 Å². The Hall–Kier alpha value is -4.21. The van der Waals surface area contributed by atoms with Gasteiger partial charge in [-0.05, 0) is 25.1 Å². The molecule has 1 aliphatic rings. The van der Waals surface area contributed by atoms with Crippen LogP contribution in [0, 0.1) is 10.1 Å². The van der Waals surface area contributed by atoms with Gasteiger partial charge >= 0.3 is 11.7 Å². The van der Waals surface area contributed by atoms with Crippen LogP contribution >= 0.6 is 0 Å². The van der Waals surface area contributed by atoms with E-state index >= 15 is 0 Å². The van der Waals surface area contributed by atoms with Crippen molar-refractivity contribution in [3.8, 4) is 5.75 Å². The zero-order chi connectivity index (χ0) is 21.7. The highest BCUT2D eigenvalue weighted by Gasteiger charge is 2.35. The quantitative estimate of drug-likeness (QED) is 0.243. The summed E-state index contributed by atoms with van der Waals surface area (Å²) in [6.45, 7) is 1.17. The smallest absolute Gasteiger partial charge is 0.344 e. The average molecular weight is 411 g/mol. The number of hydrazine groups is 1. The zero-order valence-corrected chi connectivity index (χ0v) is 15.9. The fraction of sp³-hybridized carbons (Fsp3) is 0.150. The monoisotopic (exact) mass is 411 g/mol. The molecular weight excluding hydrogens is 394 g/mol. The van der Waals surface area contributed by atoms with Gasteiger partial charge in [0.15, 0.2) is 6.61 Å². The summed E-state index contributed by atoms with van der Waals surface area (Å²) in [5, 5.41) is 12.5. The first kappa shape index (κ1) is 20.5. The van der Waals surface area contributed by atoms with Gasteiger partial charge in [-0.2, -0.15) is 0 Å². The molecule has 0 atom stereocenters. The van der Waals surface area contributed by atoms with E-state index in [4.69, 9.17) is 9.47 Å². The molecule has 3 rings (SSSR count). The highest BCUT2D eigenvalue weighted by atomic mass is 16.6. The lowest BCUT2D eigenvalue weighted by atomic mass is 10.1. The number of hydrogen-bond acceptors (Lipinski definition) is 7. The number of esters is 1. The van der Waals surface area contributed by atoms with Gasteiger partial charge in [0.05, 0.1) is 17.2 Å². The van der Waals surface area contributed by atoms with E-state index in [2.05, 4.69) is 5.43 Å². The largest absolute Gasteiger partial charge is 0.474 e. The second-order valence-corrected chi connectivity index (χ2v) is 6.02. The molecular formula is C20H17N3O7. The van der Waals surface area contributed by atoms with Gasteiger partial charge in [-0.15, -0.1) is 0 Å². The Morgan fingerprint density at radius 1 is 1.17 bits per heavy atom. The van der Waals surface area contributed by atoms with Crippen molar-refractivity contribution < 1.29 is 28.8 Å². The molecule has 1 aliphatic heterocycles. The van der Waals surface area contributed by atoms with E-state index in [1.165, 1.54) is 24.3 Å². The third-order valence-electron chi connectivity index (χ3n) is 4.07. The topological polar surface area (TPSA) is 128 Å². The molecule has 1 heterocycles. The first-order valence-electron chi connectivity index (χ1n) is 8.90. The van der Waals surface area contributed by atoms with Crippen LogP contribution in [0.15, 0.2) is 54.1 Å². The van der Waals surface area contributed by atoms with Crippen LogP contribution in [0.25, 0.3) is 6.08 Å². The molecule has 1 saturated heterocycles. The van der Waals surface area contributed by atoms with Gasteiger partial charge in [0, 0.05) is 11.6 Å². The summed E-state index contributed by atoms with van der Waals surface area (Å²) < 4.78 is 10.1. The van der Waals surface area contributed by atoms with Gasteiger partial charge in [0.1, 0.15) is 5.57 Å².